The summed E-state index contributed by atoms with van der Waals surface area (Å²) in [6.07, 6.45) is 7.07. The lowest BCUT2D eigenvalue weighted by atomic mass is 9.88. The molecule has 0 atom stereocenters. The highest BCUT2D eigenvalue weighted by molar-refractivity contribution is 6.32. The molecule has 0 amide bonds. The highest BCUT2D eigenvalue weighted by Gasteiger charge is 2.22. The first-order valence-corrected chi connectivity index (χ1v) is 12.2. The molecular formula is C28H25ClFN3O2. The summed E-state index contributed by atoms with van der Waals surface area (Å²) in [5.74, 6) is 1.03. The molecule has 3 aromatic carbocycles. The molecule has 1 aliphatic rings. The molecule has 4 aromatic rings. The van der Waals surface area contributed by atoms with Gasteiger partial charge in [-0.05, 0) is 54.8 Å². The molecule has 5 nitrogen and oxygen atoms in total. The number of para-hydroxylation sites is 1. The van der Waals surface area contributed by atoms with Gasteiger partial charge in [-0.1, -0.05) is 61.2 Å². The minimum absolute atomic E-state index is 0.0722. The molecule has 1 fully saturated rings. The molecule has 0 radical (unpaired) electrons. The number of hydrogen-bond donors (Lipinski definition) is 0. The molecule has 0 N–H and O–H groups in total. The van der Waals surface area contributed by atoms with Crippen molar-refractivity contribution in [3.8, 4) is 5.75 Å². The zero-order valence-corrected chi connectivity index (χ0v) is 19.9. The van der Waals surface area contributed by atoms with Crippen molar-refractivity contribution in [2.45, 2.75) is 44.6 Å². The Morgan fingerprint density at radius 1 is 1.06 bits per heavy atom. The summed E-state index contributed by atoms with van der Waals surface area (Å²) in [7, 11) is 0. The summed E-state index contributed by atoms with van der Waals surface area (Å²) >= 11 is 6.42. The van der Waals surface area contributed by atoms with E-state index in [1.165, 1.54) is 17.2 Å². The minimum Gasteiger partial charge on any atom is -0.487 e. The Balaban J connectivity index is 1.43. The molecule has 0 bridgehead atoms. The Morgan fingerprint density at radius 3 is 2.63 bits per heavy atom. The molecule has 1 aliphatic carbocycles. The minimum atomic E-state index is -0.324. The third-order valence-electron chi connectivity index (χ3n) is 6.37. The summed E-state index contributed by atoms with van der Waals surface area (Å²) in [4.78, 5) is 18.2. The zero-order valence-electron chi connectivity index (χ0n) is 19.2. The molecule has 1 aromatic heterocycles. The van der Waals surface area contributed by atoms with Gasteiger partial charge in [-0.2, -0.15) is 9.78 Å². The summed E-state index contributed by atoms with van der Waals surface area (Å²) < 4.78 is 21.0. The summed E-state index contributed by atoms with van der Waals surface area (Å²) in [5, 5.41) is 5.46. The molecule has 1 saturated carbocycles. The van der Waals surface area contributed by atoms with Crippen LogP contribution in [0.1, 0.15) is 55.0 Å². The van der Waals surface area contributed by atoms with Crippen LogP contribution in [0.4, 0.5) is 4.39 Å². The van der Waals surface area contributed by atoms with E-state index >= 15 is 0 Å². The Morgan fingerprint density at radius 2 is 1.83 bits per heavy atom. The molecule has 178 valence electrons. The van der Waals surface area contributed by atoms with E-state index in [-0.39, 0.29) is 23.9 Å². The predicted octanol–water partition coefficient (Wildman–Crippen LogP) is 6.70. The molecule has 35 heavy (non-hydrogen) atoms. The summed E-state index contributed by atoms with van der Waals surface area (Å²) in [6.45, 7) is 0.0722. The van der Waals surface area contributed by atoms with Gasteiger partial charge in [-0.25, -0.2) is 9.37 Å². The average molecular weight is 490 g/mol. The smallest absolute Gasteiger partial charge is 0.282 e. The highest BCUT2D eigenvalue weighted by atomic mass is 35.5. The molecule has 5 rings (SSSR count). The fourth-order valence-electron chi connectivity index (χ4n) is 4.49. The van der Waals surface area contributed by atoms with Crippen LogP contribution in [0.3, 0.4) is 0 Å². The molecule has 0 aliphatic heterocycles. The van der Waals surface area contributed by atoms with Gasteiger partial charge in [0.2, 0.25) is 0 Å². The van der Waals surface area contributed by atoms with Crippen molar-refractivity contribution in [3.63, 3.8) is 0 Å². The van der Waals surface area contributed by atoms with Crippen molar-refractivity contribution < 1.29 is 9.13 Å². The number of fused-ring (bicyclic) bond motifs is 1. The molecule has 1 heterocycles. The van der Waals surface area contributed by atoms with Crippen LogP contribution in [0.25, 0.3) is 10.9 Å². The predicted molar refractivity (Wildman–Crippen MR) is 137 cm³/mol. The molecule has 0 spiro atoms. The molecule has 0 unspecified atom stereocenters. The van der Waals surface area contributed by atoms with E-state index in [9.17, 15) is 9.18 Å². The van der Waals surface area contributed by atoms with E-state index in [4.69, 9.17) is 21.3 Å². The van der Waals surface area contributed by atoms with Gasteiger partial charge in [0, 0.05) is 11.5 Å². The van der Waals surface area contributed by atoms with Crippen LogP contribution in [0.15, 0.2) is 76.6 Å². The van der Waals surface area contributed by atoms with Crippen LogP contribution < -0.4 is 10.3 Å². The van der Waals surface area contributed by atoms with Crippen molar-refractivity contribution in [1.82, 2.24) is 9.66 Å². The Labute approximate surface area is 207 Å². The summed E-state index contributed by atoms with van der Waals surface area (Å²) in [5.41, 5.74) is 1.68. The van der Waals surface area contributed by atoms with E-state index < -0.39 is 0 Å². The quantitative estimate of drug-likeness (QED) is 0.283. The fourth-order valence-corrected chi connectivity index (χ4v) is 4.73. The van der Waals surface area contributed by atoms with Gasteiger partial charge in [0.1, 0.15) is 24.0 Å². The third kappa shape index (κ3) is 5.13. The van der Waals surface area contributed by atoms with Gasteiger partial charge in [0.25, 0.3) is 5.56 Å². The first-order chi connectivity index (χ1) is 17.1. The first-order valence-electron chi connectivity index (χ1n) is 11.8. The van der Waals surface area contributed by atoms with Gasteiger partial charge in [-0.15, -0.1) is 0 Å². The number of halogens is 2. The topological polar surface area (TPSA) is 56.5 Å². The average Bonchev–Trinajstić information content (AvgIpc) is 2.89. The fraction of sp³-hybridized carbons (Fsp3) is 0.250. The van der Waals surface area contributed by atoms with Gasteiger partial charge in [0.05, 0.1) is 22.1 Å². The van der Waals surface area contributed by atoms with E-state index in [0.717, 1.165) is 25.7 Å². The number of rotatable bonds is 6. The number of aromatic nitrogens is 2. The van der Waals surface area contributed by atoms with Gasteiger partial charge < -0.3 is 4.74 Å². The van der Waals surface area contributed by atoms with Crippen LogP contribution in [-0.4, -0.2) is 15.9 Å². The molecular weight excluding hydrogens is 465 g/mol. The van der Waals surface area contributed by atoms with Crippen molar-refractivity contribution >= 4 is 28.7 Å². The van der Waals surface area contributed by atoms with Crippen LogP contribution in [0, 0.1) is 5.82 Å². The second-order valence-corrected chi connectivity index (χ2v) is 9.16. The lowest BCUT2D eigenvalue weighted by Gasteiger charge is -2.22. The van der Waals surface area contributed by atoms with Crippen LogP contribution in [-0.2, 0) is 6.61 Å². The lowest BCUT2D eigenvalue weighted by molar-refractivity contribution is 0.300. The van der Waals surface area contributed by atoms with E-state index in [0.29, 0.717) is 38.6 Å². The van der Waals surface area contributed by atoms with E-state index in [1.807, 2.05) is 18.2 Å². The van der Waals surface area contributed by atoms with Crippen molar-refractivity contribution in [1.29, 1.82) is 0 Å². The number of hydrogen-bond acceptors (Lipinski definition) is 4. The lowest BCUT2D eigenvalue weighted by Crippen LogP contribution is -2.25. The van der Waals surface area contributed by atoms with Gasteiger partial charge in [-0.3, -0.25) is 4.79 Å². The van der Waals surface area contributed by atoms with E-state index in [1.54, 1.807) is 48.7 Å². The Kier molecular flexibility index (Phi) is 6.91. The first kappa shape index (κ1) is 23.2. The van der Waals surface area contributed by atoms with Gasteiger partial charge in [0.15, 0.2) is 0 Å². The molecule has 7 heteroatoms. The van der Waals surface area contributed by atoms with Crippen molar-refractivity contribution in [2.24, 2.45) is 5.10 Å². The maximum absolute atomic E-state index is 13.9. The van der Waals surface area contributed by atoms with Crippen LogP contribution in [0.2, 0.25) is 5.02 Å². The van der Waals surface area contributed by atoms with Crippen LogP contribution in [0.5, 0.6) is 5.75 Å². The summed E-state index contributed by atoms with van der Waals surface area (Å²) in [6, 6.07) is 19.1. The van der Waals surface area contributed by atoms with E-state index in [2.05, 4.69) is 5.10 Å². The highest BCUT2D eigenvalue weighted by Crippen LogP contribution is 2.32. The van der Waals surface area contributed by atoms with Crippen molar-refractivity contribution in [3.05, 3.63) is 105 Å². The number of benzene rings is 3. The second-order valence-electron chi connectivity index (χ2n) is 8.75. The Bertz CT molecular complexity index is 1440. The maximum Gasteiger partial charge on any atom is 0.282 e. The van der Waals surface area contributed by atoms with Crippen LogP contribution >= 0.6 is 11.6 Å². The SMILES string of the molecule is O=c1c2ccccc2nc(C2CCCCC2)n1N=Cc1ccc(OCc2ccccc2F)c(Cl)c1. The normalized spacial score (nSPS) is 14.6. The third-order valence-corrected chi connectivity index (χ3v) is 6.66. The maximum atomic E-state index is 13.9. The largest absolute Gasteiger partial charge is 0.487 e. The zero-order chi connectivity index (χ0) is 24.2. The van der Waals surface area contributed by atoms with Gasteiger partial charge >= 0.3 is 0 Å². The monoisotopic (exact) mass is 489 g/mol. The standard InChI is InChI=1S/C28H25ClFN3O2/c29-23-16-19(14-15-26(23)35-18-21-10-4-6-12-24(21)30)17-31-33-27(20-8-2-1-3-9-20)32-25-13-7-5-11-22(25)28(33)34/h4-7,10-17,20H,1-3,8-9,18H2. The Hall–Kier alpha value is -3.51. The van der Waals surface area contributed by atoms with Crippen molar-refractivity contribution in [2.75, 3.05) is 0 Å². The number of ether oxygens (including phenoxy) is 1. The molecule has 0 saturated heterocycles. The second kappa shape index (κ2) is 10.4. The number of nitrogens with zero attached hydrogens (tertiary/aromatic N) is 3.